The van der Waals surface area contributed by atoms with Crippen LogP contribution >= 0.6 is 0 Å². The molecule has 1 fully saturated rings. The van der Waals surface area contributed by atoms with E-state index >= 15 is 0 Å². The Hall–Kier alpha value is -1.23. The van der Waals surface area contributed by atoms with Gasteiger partial charge in [0.1, 0.15) is 0 Å². The predicted molar refractivity (Wildman–Crippen MR) is 101 cm³/mol. The molecule has 1 amide bonds. The van der Waals surface area contributed by atoms with Gasteiger partial charge < -0.3 is 23.8 Å². The van der Waals surface area contributed by atoms with E-state index in [-0.39, 0.29) is 6.61 Å². The number of rotatable bonds is 15. The Labute approximate surface area is 166 Å². The van der Waals surface area contributed by atoms with Crippen molar-refractivity contribution in [2.45, 2.75) is 25.7 Å². The molecule has 2 aliphatic carbocycles. The third kappa shape index (κ3) is 9.81. The van der Waals surface area contributed by atoms with E-state index in [1.54, 1.807) is 0 Å². The first-order chi connectivity index (χ1) is 13.8. The molecular weight excluding hydrogens is 368 g/mol. The molecule has 2 atom stereocenters. The molecule has 2 aliphatic rings. The van der Waals surface area contributed by atoms with Crippen LogP contribution in [0.4, 0.5) is 4.79 Å². The van der Waals surface area contributed by atoms with Crippen molar-refractivity contribution in [2.75, 3.05) is 59.5 Å². The van der Waals surface area contributed by atoms with Gasteiger partial charge in [0.25, 0.3) is 0 Å². The van der Waals surface area contributed by atoms with Gasteiger partial charge in [-0.2, -0.15) is 5.48 Å². The van der Waals surface area contributed by atoms with E-state index in [1.165, 1.54) is 12.8 Å². The third-order valence-electron chi connectivity index (χ3n) is 4.99. The number of allylic oxidation sites excluding steroid dienone is 2. The molecule has 0 bridgehead atoms. The molecule has 0 saturated heterocycles. The Kier molecular flexibility index (Phi) is 12.1. The van der Waals surface area contributed by atoms with Crippen molar-refractivity contribution in [3.63, 3.8) is 0 Å². The van der Waals surface area contributed by atoms with Gasteiger partial charge in [0.15, 0.2) is 0 Å². The van der Waals surface area contributed by atoms with Crippen molar-refractivity contribution in [3.05, 3.63) is 12.2 Å². The van der Waals surface area contributed by atoms with Gasteiger partial charge in [-0.15, -0.1) is 0 Å². The van der Waals surface area contributed by atoms with E-state index in [9.17, 15) is 4.79 Å². The third-order valence-corrected chi connectivity index (χ3v) is 4.99. The zero-order chi connectivity index (χ0) is 19.9. The number of hydroxylamine groups is 1. The van der Waals surface area contributed by atoms with Crippen LogP contribution in [0.5, 0.6) is 0 Å². The smallest absolute Gasteiger partial charge is 0.431 e. The molecule has 1 saturated carbocycles. The van der Waals surface area contributed by atoms with Crippen LogP contribution < -0.4 is 11.4 Å². The first-order valence-electron chi connectivity index (χ1n) is 10.1. The fourth-order valence-electron chi connectivity index (χ4n) is 3.50. The lowest BCUT2D eigenvalue weighted by Gasteiger charge is -2.08. The zero-order valence-corrected chi connectivity index (χ0v) is 16.5. The lowest BCUT2D eigenvalue weighted by Crippen LogP contribution is -2.27. The van der Waals surface area contributed by atoms with E-state index < -0.39 is 6.09 Å². The van der Waals surface area contributed by atoms with Crippen LogP contribution in [0.15, 0.2) is 12.2 Å². The summed E-state index contributed by atoms with van der Waals surface area (Å²) in [6, 6.07) is 0. The summed E-state index contributed by atoms with van der Waals surface area (Å²) in [5.74, 6) is 6.79. The molecule has 0 aromatic heterocycles. The van der Waals surface area contributed by atoms with E-state index in [2.05, 4.69) is 22.5 Å². The average Bonchev–Trinajstić information content (AvgIpc) is 3.33. The van der Waals surface area contributed by atoms with Crippen molar-refractivity contribution in [3.8, 4) is 0 Å². The maximum atomic E-state index is 11.7. The van der Waals surface area contributed by atoms with Gasteiger partial charge in [-0.05, 0) is 43.4 Å². The monoisotopic (exact) mass is 402 g/mol. The first kappa shape index (κ1) is 23.1. The molecule has 0 spiro atoms. The van der Waals surface area contributed by atoms with Crippen LogP contribution in [0.1, 0.15) is 25.7 Å². The molecule has 9 heteroatoms. The van der Waals surface area contributed by atoms with E-state index in [1.807, 2.05) is 0 Å². The molecule has 9 nitrogen and oxygen atoms in total. The highest BCUT2D eigenvalue weighted by Crippen LogP contribution is 2.52. The predicted octanol–water partition coefficient (Wildman–Crippen LogP) is 1.58. The molecule has 0 aromatic rings. The number of hydrogen-bond acceptors (Lipinski definition) is 8. The highest BCUT2D eigenvalue weighted by molar-refractivity contribution is 5.65. The van der Waals surface area contributed by atoms with Gasteiger partial charge in [0.2, 0.25) is 0 Å². The summed E-state index contributed by atoms with van der Waals surface area (Å²) < 4.78 is 21.1. The molecule has 0 heterocycles. The summed E-state index contributed by atoms with van der Waals surface area (Å²) in [5.41, 5.74) is 2.29. The van der Waals surface area contributed by atoms with Crippen molar-refractivity contribution < 1.29 is 33.4 Å². The normalized spacial score (nSPS) is 23.5. The number of nitrogens with two attached hydrogens (primary N) is 1. The second-order valence-electron chi connectivity index (χ2n) is 6.87. The lowest BCUT2D eigenvalue weighted by molar-refractivity contribution is -0.0271. The van der Waals surface area contributed by atoms with E-state index in [0.29, 0.717) is 70.6 Å². The molecule has 3 N–H and O–H groups in total. The van der Waals surface area contributed by atoms with Crippen molar-refractivity contribution >= 4 is 6.09 Å². The van der Waals surface area contributed by atoms with Gasteiger partial charge in [0.05, 0.1) is 59.5 Å². The topological polar surface area (TPSA) is 111 Å². The summed E-state index contributed by atoms with van der Waals surface area (Å²) in [4.78, 5) is 21.1. The Morgan fingerprint density at radius 2 is 1.39 bits per heavy atom. The number of hydrogen-bond donors (Lipinski definition) is 2. The Balaban J connectivity index is 1.32. The van der Waals surface area contributed by atoms with Crippen LogP contribution in [-0.4, -0.2) is 65.6 Å². The zero-order valence-electron chi connectivity index (χ0n) is 16.5. The number of fused-ring (bicyclic) bond motifs is 1. The van der Waals surface area contributed by atoms with Crippen LogP contribution in [0.25, 0.3) is 0 Å². The summed E-state index contributed by atoms with van der Waals surface area (Å²) in [6.07, 6.45) is 8.65. The van der Waals surface area contributed by atoms with Gasteiger partial charge in [-0.25, -0.2) is 10.7 Å². The number of carbonyl (C=O) groups is 1. The molecule has 28 heavy (non-hydrogen) atoms. The number of nitrogens with one attached hydrogen (secondary N) is 1. The quantitative estimate of drug-likeness (QED) is 0.241. The van der Waals surface area contributed by atoms with Crippen LogP contribution in [0.2, 0.25) is 0 Å². The van der Waals surface area contributed by atoms with Crippen molar-refractivity contribution in [2.24, 2.45) is 23.7 Å². The summed E-state index contributed by atoms with van der Waals surface area (Å²) in [6.45, 7) is 3.76. The Morgan fingerprint density at radius 1 is 0.857 bits per heavy atom. The fourth-order valence-corrected chi connectivity index (χ4v) is 3.50. The molecule has 2 rings (SSSR count). The molecule has 0 aliphatic heterocycles. The number of carbonyl (C=O) groups excluding carboxylic acids is 1. The highest BCUT2D eigenvalue weighted by Gasteiger charge is 2.49. The van der Waals surface area contributed by atoms with Crippen molar-refractivity contribution in [1.82, 2.24) is 5.48 Å². The largest absolute Gasteiger partial charge is 0.448 e. The van der Waals surface area contributed by atoms with E-state index in [4.69, 9.17) is 29.7 Å². The minimum atomic E-state index is -0.541. The SMILES string of the molecule is NOCCOCCOCCOCCONC(=O)OCC1C2CCC=CCCC21. The molecule has 162 valence electrons. The second kappa shape index (κ2) is 14.7. The molecule has 0 radical (unpaired) electrons. The van der Waals surface area contributed by atoms with Crippen LogP contribution in [0.3, 0.4) is 0 Å². The molecular formula is C19H34N2O7. The van der Waals surface area contributed by atoms with Gasteiger partial charge in [0, 0.05) is 0 Å². The number of amides is 1. The van der Waals surface area contributed by atoms with Crippen LogP contribution in [-0.2, 0) is 28.6 Å². The molecule has 0 aromatic carbocycles. The maximum absolute atomic E-state index is 11.7. The van der Waals surface area contributed by atoms with E-state index in [0.717, 1.165) is 12.8 Å². The first-order valence-corrected chi connectivity index (χ1v) is 10.1. The Morgan fingerprint density at radius 3 is 1.96 bits per heavy atom. The van der Waals surface area contributed by atoms with Gasteiger partial charge >= 0.3 is 6.09 Å². The standard InChI is InChI=1S/C19H34N2O7/c20-27-13-11-24-9-7-23-8-10-25-12-14-28-21-19(22)26-15-18-16-5-3-1-2-4-6-17(16)18/h1-2,16-18H,3-15,20H2,(H,21,22). The minimum absolute atomic E-state index is 0.248. The summed E-state index contributed by atoms with van der Waals surface area (Å²) >= 11 is 0. The summed E-state index contributed by atoms with van der Waals surface area (Å²) in [5, 5.41) is 0. The fraction of sp³-hybridized carbons (Fsp3) is 0.842. The average molecular weight is 402 g/mol. The summed E-state index contributed by atoms with van der Waals surface area (Å²) in [7, 11) is 0. The lowest BCUT2D eigenvalue weighted by atomic mass is 10.1. The van der Waals surface area contributed by atoms with Gasteiger partial charge in [-0.3, -0.25) is 4.84 Å². The molecule has 2 unspecified atom stereocenters. The Bertz CT molecular complexity index is 434. The van der Waals surface area contributed by atoms with Crippen molar-refractivity contribution in [1.29, 1.82) is 0 Å². The number of ether oxygens (including phenoxy) is 4. The maximum Gasteiger partial charge on any atom is 0.431 e. The van der Waals surface area contributed by atoms with Crippen LogP contribution in [0, 0.1) is 17.8 Å². The second-order valence-corrected chi connectivity index (χ2v) is 6.87. The van der Waals surface area contributed by atoms with Gasteiger partial charge in [-0.1, -0.05) is 12.2 Å². The highest BCUT2D eigenvalue weighted by atomic mass is 16.7. The minimum Gasteiger partial charge on any atom is -0.448 e.